The number of benzene rings is 2. The van der Waals surface area contributed by atoms with Gasteiger partial charge in [0, 0.05) is 29.4 Å². The Hall–Kier alpha value is -2.61. The Morgan fingerprint density at radius 1 is 1.15 bits per heavy atom. The van der Waals surface area contributed by atoms with Gasteiger partial charge in [-0.3, -0.25) is 15.0 Å². The summed E-state index contributed by atoms with van der Waals surface area (Å²) in [5, 5.41) is 7.27. The zero-order valence-corrected chi connectivity index (χ0v) is 20.4. The van der Waals surface area contributed by atoms with E-state index in [2.05, 4.69) is 22.8 Å². The van der Waals surface area contributed by atoms with Crippen LogP contribution in [0, 0.1) is 0 Å². The molecule has 182 valence electrons. The highest BCUT2D eigenvalue weighted by molar-refractivity contribution is 6.30. The van der Waals surface area contributed by atoms with Crippen LogP contribution in [0.15, 0.2) is 48.5 Å². The van der Waals surface area contributed by atoms with Crippen molar-refractivity contribution in [1.29, 1.82) is 0 Å². The summed E-state index contributed by atoms with van der Waals surface area (Å²) in [6, 6.07) is 15.3. The van der Waals surface area contributed by atoms with E-state index >= 15 is 0 Å². The minimum Gasteiger partial charge on any atom is -0.441 e. The maximum absolute atomic E-state index is 12.6. The Morgan fingerprint density at radius 2 is 1.85 bits per heavy atom. The SMILES string of the molecule is COCC1CN(c2ccc(C3CCCCC3NC(C)NC(=O)c3ccc(Cl)cc3)cc2)C(=O)O1. The van der Waals surface area contributed by atoms with Crippen molar-refractivity contribution in [1.82, 2.24) is 10.6 Å². The molecule has 1 heterocycles. The highest BCUT2D eigenvalue weighted by atomic mass is 35.5. The lowest BCUT2D eigenvalue weighted by Crippen LogP contribution is -2.50. The fourth-order valence-electron chi connectivity index (χ4n) is 4.88. The van der Waals surface area contributed by atoms with Crippen LogP contribution in [0.25, 0.3) is 0 Å². The molecule has 0 radical (unpaired) electrons. The van der Waals surface area contributed by atoms with Gasteiger partial charge < -0.3 is 14.8 Å². The van der Waals surface area contributed by atoms with E-state index in [1.54, 1.807) is 36.3 Å². The van der Waals surface area contributed by atoms with Gasteiger partial charge in [0.15, 0.2) is 0 Å². The second kappa shape index (κ2) is 11.2. The summed E-state index contributed by atoms with van der Waals surface area (Å²) in [4.78, 5) is 26.4. The maximum Gasteiger partial charge on any atom is 0.414 e. The molecule has 1 saturated heterocycles. The molecule has 7 nitrogen and oxygen atoms in total. The smallest absolute Gasteiger partial charge is 0.414 e. The highest BCUT2D eigenvalue weighted by Gasteiger charge is 2.33. The number of nitrogens with zero attached hydrogens (tertiary/aromatic N) is 1. The van der Waals surface area contributed by atoms with Gasteiger partial charge in [-0.05, 0) is 67.6 Å². The summed E-state index contributed by atoms with van der Waals surface area (Å²) in [6.07, 6.45) is 3.70. The first kappa shape index (κ1) is 24.5. The number of carbonyl (C=O) groups excluding carboxylic acids is 2. The first-order valence-corrected chi connectivity index (χ1v) is 12.2. The zero-order valence-electron chi connectivity index (χ0n) is 19.6. The second-order valence-electron chi connectivity index (χ2n) is 9.03. The fourth-order valence-corrected chi connectivity index (χ4v) is 5.01. The van der Waals surface area contributed by atoms with E-state index in [4.69, 9.17) is 21.1 Å². The topological polar surface area (TPSA) is 79.9 Å². The number of halogens is 1. The first-order valence-electron chi connectivity index (χ1n) is 11.8. The molecule has 0 spiro atoms. The Morgan fingerprint density at radius 3 is 2.56 bits per heavy atom. The molecule has 2 aliphatic rings. The standard InChI is InChI=1S/C26H32ClN3O4/c1-17(29-25(31)19-7-11-20(27)12-8-19)28-24-6-4-3-5-23(24)18-9-13-21(14-10-18)30-15-22(16-33-2)34-26(30)32/h7-14,17,22-24,28H,3-6,15-16H2,1-2H3,(H,29,31). The molecule has 4 atom stereocenters. The molecular formula is C26H32ClN3O4. The molecule has 34 heavy (non-hydrogen) atoms. The molecule has 8 heteroatoms. The van der Waals surface area contributed by atoms with Gasteiger partial charge in [0.2, 0.25) is 0 Å². The first-order chi connectivity index (χ1) is 16.4. The number of carbonyl (C=O) groups is 2. The van der Waals surface area contributed by atoms with E-state index in [1.165, 1.54) is 12.0 Å². The average Bonchev–Trinajstić information content (AvgIpc) is 3.20. The number of amides is 2. The molecule has 2 aromatic carbocycles. The lowest BCUT2D eigenvalue weighted by atomic mass is 9.80. The van der Waals surface area contributed by atoms with E-state index in [0.717, 1.165) is 24.9 Å². The third-order valence-corrected chi connectivity index (χ3v) is 6.80. The molecule has 2 N–H and O–H groups in total. The largest absolute Gasteiger partial charge is 0.441 e. The summed E-state index contributed by atoms with van der Waals surface area (Å²) in [5.41, 5.74) is 2.65. The number of nitrogens with one attached hydrogen (secondary N) is 2. The third-order valence-electron chi connectivity index (χ3n) is 6.54. The van der Waals surface area contributed by atoms with E-state index in [9.17, 15) is 9.59 Å². The molecule has 2 amide bonds. The number of anilines is 1. The van der Waals surface area contributed by atoms with Crippen molar-refractivity contribution in [2.24, 2.45) is 0 Å². The van der Waals surface area contributed by atoms with Crippen molar-refractivity contribution >= 4 is 29.3 Å². The van der Waals surface area contributed by atoms with Crippen LogP contribution in [0.4, 0.5) is 10.5 Å². The normalized spacial score (nSPS) is 23.4. The number of cyclic esters (lactones) is 1. The lowest BCUT2D eigenvalue weighted by Gasteiger charge is -2.35. The Labute approximate surface area is 205 Å². The predicted octanol–water partition coefficient (Wildman–Crippen LogP) is 4.70. The highest BCUT2D eigenvalue weighted by Crippen LogP contribution is 2.34. The van der Waals surface area contributed by atoms with Crippen molar-refractivity contribution in [2.75, 3.05) is 25.2 Å². The summed E-state index contributed by atoms with van der Waals surface area (Å²) in [6.45, 7) is 2.85. The van der Waals surface area contributed by atoms with Crippen molar-refractivity contribution in [3.63, 3.8) is 0 Å². The van der Waals surface area contributed by atoms with Crippen LogP contribution >= 0.6 is 11.6 Å². The monoisotopic (exact) mass is 485 g/mol. The van der Waals surface area contributed by atoms with Crippen LogP contribution in [0.2, 0.25) is 5.02 Å². The molecule has 4 unspecified atom stereocenters. The van der Waals surface area contributed by atoms with Crippen LogP contribution in [-0.4, -0.2) is 50.6 Å². The van der Waals surface area contributed by atoms with Gasteiger partial charge in [-0.15, -0.1) is 0 Å². The van der Waals surface area contributed by atoms with Gasteiger partial charge in [-0.25, -0.2) is 4.79 Å². The number of hydrogen-bond acceptors (Lipinski definition) is 5. The Bertz CT molecular complexity index is 983. The van der Waals surface area contributed by atoms with Gasteiger partial charge in [-0.2, -0.15) is 0 Å². The minimum atomic E-state index is -0.336. The van der Waals surface area contributed by atoms with Crippen LogP contribution in [0.5, 0.6) is 0 Å². The maximum atomic E-state index is 12.6. The van der Waals surface area contributed by atoms with Gasteiger partial charge in [0.05, 0.1) is 19.3 Å². The molecule has 4 rings (SSSR count). The van der Waals surface area contributed by atoms with E-state index < -0.39 is 0 Å². The second-order valence-corrected chi connectivity index (χ2v) is 9.47. The van der Waals surface area contributed by atoms with Gasteiger partial charge in [0.25, 0.3) is 5.91 Å². The lowest BCUT2D eigenvalue weighted by molar-refractivity contribution is 0.0718. The molecule has 2 aromatic rings. The van der Waals surface area contributed by atoms with Crippen molar-refractivity contribution in [2.45, 2.75) is 56.8 Å². The quantitative estimate of drug-likeness (QED) is 0.529. The van der Waals surface area contributed by atoms with Crippen LogP contribution in [0.3, 0.4) is 0 Å². The number of rotatable bonds is 8. The van der Waals surface area contributed by atoms with Crippen LogP contribution in [0.1, 0.15) is 54.4 Å². The van der Waals surface area contributed by atoms with Gasteiger partial charge in [-0.1, -0.05) is 36.6 Å². The van der Waals surface area contributed by atoms with Gasteiger partial charge >= 0.3 is 6.09 Å². The van der Waals surface area contributed by atoms with E-state index in [1.807, 2.05) is 19.1 Å². The van der Waals surface area contributed by atoms with Crippen LogP contribution in [-0.2, 0) is 9.47 Å². The fraction of sp³-hybridized carbons (Fsp3) is 0.462. The van der Waals surface area contributed by atoms with Crippen molar-refractivity contribution < 1.29 is 19.1 Å². The Balaban J connectivity index is 1.38. The molecule has 1 aliphatic carbocycles. The van der Waals surface area contributed by atoms with Crippen molar-refractivity contribution in [3.05, 3.63) is 64.7 Å². The molecule has 1 aliphatic heterocycles. The van der Waals surface area contributed by atoms with Crippen LogP contribution < -0.4 is 15.5 Å². The summed E-state index contributed by atoms with van der Waals surface area (Å²) < 4.78 is 10.5. The molecule has 0 aromatic heterocycles. The summed E-state index contributed by atoms with van der Waals surface area (Å²) in [5.74, 6) is 0.210. The number of ether oxygens (including phenoxy) is 2. The molecule has 0 bridgehead atoms. The third kappa shape index (κ3) is 5.90. The van der Waals surface area contributed by atoms with E-state index in [0.29, 0.717) is 29.7 Å². The van der Waals surface area contributed by atoms with E-state index in [-0.39, 0.29) is 30.3 Å². The molecule has 2 fully saturated rings. The molecular weight excluding hydrogens is 454 g/mol. The number of methoxy groups -OCH3 is 1. The molecule has 1 saturated carbocycles. The minimum absolute atomic E-state index is 0.127. The number of hydrogen-bond donors (Lipinski definition) is 2. The Kier molecular flexibility index (Phi) is 8.08. The average molecular weight is 486 g/mol. The summed E-state index contributed by atoms with van der Waals surface area (Å²) >= 11 is 5.92. The summed E-state index contributed by atoms with van der Waals surface area (Å²) in [7, 11) is 1.60. The van der Waals surface area contributed by atoms with Gasteiger partial charge in [0.1, 0.15) is 6.10 Å². The predicted molar refractivity (Wildman–Crippen MR) is 132 cm³/mol. The van der Waals surface area contributed by atoms with Crippen molar-refractivity contribution in [3.8, 4) is 0 Å². The zero-order chi connectivity index (χ0) is 24.1.